The number of hydrogen-bond acceptors (Lipinski definition) is 4. The van der Waals surface area contributed by atoms with E-state index in [0.29, 0.717) is 17.0 Å². The molecule has 0 unspecified atom stereocenters. The van der Waals surface area contributed by atoms with Gasteiger partial charge in [0.25, 0.3) is 0 Å². The van der Waals surface area contributed by atoms with Crippen LogP contribution in [0.15, 0.2) is 24.3 Å². The second-order valence-electron chi connectivity index (χ2n) is 4.81. The van der Waals surface area contributed by atoms with Gasteiger partial charge in [0.2, 0.25) is 0 Å². The second kappa shape index (κ2) is 6.05. The Kier molecular flexibility index (Phi) is 4.39. The van der Waals surface area contributed by atoms with Gasteiger partial charge in [0.05, 0.1) is 17.8 Å². The van der Waals surface area contributed by atoms with Gasteiger partial charge in [-0.15, -0.1) is 11.3 Å². The Morgan fingerprint density at radius 1 is 1.35 bits per heavy atom. The summed E-state index contributed by atoms with van der Waals surface area (Å²) in [7, 11) is 1.62. The van der Waals surface area contributed by atoms with Gasteiger partial charge in [-0.1, -0.05) is 26.0 Å². The molecular formula is C15H17NO3S. The van der Waals surface area contributed by atoms with Crippen LogP contribution in [0.4, 0.5) is 0 Å². The third kappa shape index (κ3) is 3.17. The van der Waals surface area contributed by atoms with E-state index in [0.717, 1.165) is 16.3 Å². The number of aromatic carboxylic acids is 1. The van der Waals surface area contributed by atoms with Crippen molar-refractivity contribution in [3.8, 4) is 5.75 Å². The fourth-order valence-electron chi connectivity index (χ4n) is 1.84. The van der Waals surface area contributed by atoms with E-state index in [4.69, 9.17) is 4.74 Å². The maximum Gasteiger partial charge on any atom is 0.347 e. The Balaban J connectivity index is 2.29. The summed E-state index contributed by atoms with van der Waals surface area (Å²) in [5.41, 5.74) is 1.66. The quantitative estimate of drug-likeness (QED) is 0.915. The van der Waals surface area contributed by atoms with Crippen molar-refractivity contribution in [3.63, 3.8) is 0 Å². The van der Waals surface area contributed by atoms with Crippen LogP contribution in [0.1, 0.15) is 45.7 Å². The Morgan fingerprint density at radius 2 is 2.00 bits per heavy atom. The summed E-state index contributed by atoms with van der Waals surface area (Å²) in [6.45, 7) is 4.03. The van der Waals surface area contributed by atoms with Crippen LogP contribution in [0.5, 0.6) is 5.75 Å². The standard InChI is InChI=1S/C15H17NO3S/c1-9(2)14-16-12(13(20-14)15(17)18)8-10-4-6-11(19-3)7-5-10/h4-7,9H,8H2,1-3H3,(H,17,18). The highest BCUT2D eigenvalue weighted by Crippen LogP contribution is 2.27. The average molecular weight is 291 g/mol. The van der Waals surface area contributed by atoms with Crippen molar-refractivity contribution in [2.45, 2.75) is 26.2 Å². The topological polar surface area (TPSA) is 59.4 Å². The first-order chi connectivity index (χ1) is 9.51. The van der Waals surface area contributed by atoms with E-state index in [9.17, 15) is 9.90 Å². The minimum atomic E-state index is -0.905. The number of aromatic nitrogens is 1. The van der Waals surface area contributed by atoms with Gasteiger partial charge in [0.1, 0.15) is 10.6 Å². The zero-order valence-corrected chi connectivity index (χ0v) is 12.5. The minimum absolute atomic E-state index is 0.239. The number of carbonyl (C=O) groups is 1. The number of carboxylic acids is 1. The molecule has 0 atom stereocenters. The summed E-state index contributed by atoms with van der Waals surface area (Å²) in [5.74, 6) is 0.119. The van der Waals surface area contributed by atoms with Crippen molar-refractivity contribution in [1.82, 2.24) is 4.98 Å². The minimum Gasteiger partial charge on any atom is -0.497 e. The first kappa shape index (κ1) is 14.5. The third-order valence-corrected chi connectivity index (χ3v) is 4.32. The predicted molar refractivity (Wildman–Crippen MR) is 79.0 cm³/mol. The van der Waals surface area contributed by atoms with Crippen LogP contribution in [-0.2, 0) is 6.42 Å². The summed E-state index contributed by atoms with van der Waals surface area (Å²) < 4.78 is 5.11. The lowest BCUT2D eigenvalue weighted by Crippen LogP contribution is -2.00. The highest BCUT2D eigenvalue weighted by molar-refractivity contribution is 7.13. The molecule has 1 heterocycles. The van der Waals surface area contributed by atoms with Gasteiger partial charge in [-0.25, -0.2) is 9.78 Å². The van der Waals surface area contributed by atoms with E-state index in [-0.39, 0.29) is 5.92 Å². The van der Waals surface area contributed by atoms with Crippen molar-refractivity contribution < 1.29 is 14.6 Å². The molecule has 0 aliphatic rings. The summed E-state index contributed by atoms with van der Waals surface area (Å²) in [4.78, 5) is 16.1. The van der Waals surface area contributed by atoms with Crippen LogP contribution in [-0.4, -0.2) is 23.2 Å². The highest BCUT2D eigenvalue weighted by atomic mass is 32.1. The Morgan fingerprint density at radius 3 is 2.50 bits per heavy atom. The molecule has 1 N–H and O–H groups in total. The van der Waals surface area contributed by atoms with Gasteiger partial charge in [-0.2, -0.15) is 0 Å². The van der Waals surface area contributed by atoms with Gasteiger partial charge in [-0.05, 0) is 17.7 Å². The van der Waals surface area contributed by atoms with Crippen molar-refractivity contribution in [2.75, 3.05) is 7.11 Å². The van der Waals surface area contributed by atoms with Gasteiger partial charge >= 0.3 is 5.97 Å². The molecule has 0 saturated carbocycles. The molecule has 0 bridgehead atoms. The maximum atomic E-state index is 11.3. The fourth-order valence-corrected chi connectivity index (χ4v) is 2.76. The lowest BCUT2D eigenvalue weighted by atomic mass is 10.1. The highest BCUT2D eigenvalue weighted by Gasteiger charge is 2.18. The molecule has 4 nitrogen and oxygen atoms in total. The first-order valence-corrected chi connectivity index (χ1v) is 7.18. The Bertz CT molecular complexity index is 602. The van der Waals surface area contributed by atoms with Crippen LogP contribution in [0, 0.1) is 0 Å². The van der Waals surface area contributed by atoms with E-state index < -0.39 is 5.97 Å². The Hall–Kier alpha value is -1.88. The molecule has 5 heteroatoms. The predicted octanol–water partition coefficient (Wildman–Crippen LogP) is 3.56. The van der Waals surface area contributed by atoms with Crippen LogP contribution in [0.2, 0.25) is 0 Å². The van der Waals surface area contributed by atoms with Gasteiger partial charge in [0.15, 0.2) is 0 Å². The zero-order chi connectivity index (χ0) is 14.7. The number of nitrogens with zero attached hydrogens (tertiary/aromatic N) is 1. The molecule has 1 aromatic heterocycles. The van der Waals surface area contributed by atoms with E-state index >= 15 is 0 Å². The summed E-state index contributed by atoms with van der Waals surface area (Å²) in [5, 5.41) is 10.1. The number of rotatable bonds is 5. The van der Waals surface area contributed by atoms with Gasteiger partial charge in [-0.3, -0.25) is 0 Å². The van der Waals surface area contributed by atoms with Crippen molar-refractivity contribution in [3.05, 3.63) is 45.4 Å². The number of carboxylic acid groups (broad SMARTS) is 1. The van der Waals surface area contributed by atoms with E-state index in [1.807, 2.05) is 38.1 Å². The molecule has 106 valence electrons. The molecule has 1 aromatic carbocycles. The van der Waals surface area contributed by atoms with Crippen molar-refractivity contribution in [1.29, 1.82) is 0 Å². The van der Waals surface area contributed by atoms with Crippen molar-refractivity contribution in [2.24, 2.45) is 0 Å². The SMILES string of the molecule is COc1ccc(Cc2nc(C(C)C)sc2C(=O)O)cc1. The first-order valence-electron chi connectivity index (χ1n) is 6.37. The second-order valence-corrected chi connectivity index (χ2v) is 5.84. The molecule has 0 saturated heterocycles. The molecular weight excluding hydrogens is 274 g/mol. The lowest BCUT2D eigenvalue weighted by Gasteiger charge is -2.02. The summed E-state index contributed by atoms with van der Waals surface area (Å²) in [6.07, 6.45) is 0.523. The number of ether oxygens (including phenoxy) is 1. The molecule has 20 heavy (non-hydrogen) atoms. The molecule has 2 rings (SSSR count). The van der Waals surface area contributed by atoms with E-state index in [2.05, 4.69) is 4.98 Å². The van der Waals surface area contributed by atoms with Gasteiger partial charge < -0.3 is 9.84 Å². The normalized spacial score (nSPS) is 10.8. The van der Waals surface area contributed by atoms with Crippen LogP contribution < -0.4 is 4.74 Å². The smallest absolute Gasteiger partial charge is 0.347 e. The van der Waals surface area contributed by atoms with E-state index in [1.54, 1.807) is 7.11 Å². The third-order valence-electron chi connectivity index (χ3n) is 2.93. The fraction of sp³-hybridized carbons (Fsp3) is 0.333. The monoisotopic (exact) mass is 291 g/mol. The number of thiazole rings is 1. The lowest BCUT2D eigenvalue weighted by molar-refractivity contribution is 0.0701. The van der Waals surface area contributed by atoms with E-state index in [1.165, 1.54) is 11.3 Å². The molecule has 0 aliphatic carbocycles. The zero-order valence-electron chi connectivity index (χ0n) is 11.7. The largest absolute Gasteiger partial charge is 0.497 e. The Labute approximate surface area is 122 Å². The molecule has 0 amide bonds. The summed E-state index contributed by atoms with van der Waals surface area (Å²) >= 11 is 1.27. The number of hydrogen-bond donors (Lipinski definition) is 1. The molecule has 0 fully saturated rings. The molecule has 0 aliphatic heterocycles. The number of benzene rings is 1. The van der Waals surface area contributed by atoms with Crippen LogP contribution in [0.25, 0.3) is 0 Å². The van der Waals surface area contributed by atoms with Crippen LogP contribution in [0.3, 0.4) is 0 Å². The van der Waals surface area contributed by atoms with Crippen LogP contribution >= 0.6 is 11.3 Å². The molecule has 0 radical (unpaired) electrons. The molecule has 2 aromatic rings. The van der Waals surface area contributed by atoms with Crippen molar-refractivity contribution >= 4 is 17.3 Å². The average Bonchev–Trinajstić information content (AvgIpc) is 2.84. The molecule has 0 spiro atoms. The maximum absolute atomic E-state index is 11.3. The summed E-state index contributed by atoms with van der Waals surface area (Å²) in [6, 6.07) is 7.59. The number of methoxy groups -OCH3 is 1. The van der Waals surface area contributed by atoms with Gasteiger partial charge in [0, 0.05) is 12.3 Å².